The van der Waals surface area contributed by atoms with E-state index in [0.717, 1.165) is 35.9 Å². The molecule has 0 N–H and O–H groups in total. The molecule has 0 spiro atoms. The van der Waals surface area contributed by atoms with Crippen LogP contribution in [0.25, 0.3) is 10.2 Å². The summed E-state index contributed by atoms with van der Waals surface area (Å²) in [4.78, 5) is 17.9. The monoisotopic (exact) mass is 541 g/mol. The molecule has 2 aromatic carbocycles. The third-order valence-electron chi connectivity index (χ3n) is 5.51. The van der Waals surface area contributed by atoms with Crippen LogP contribution < -0.4 is 4.80 Å². The number of carbonyl (C=O) groups excluding carboxylic acids is 1. The van der Waals surface area contributed by atoms with Crippen LogP contribution in [0, 0.1) is 0 Å². The van der Waals surface area contributed by atoms with Crippen LogP contribution in [0.4, 0.5) is 0 Å². The van der Waals surface area contributed by atoms with Crippen molar-refractivity contribution in [2.24, 2.45) is 4.99 Å². The standard InChI is InChI=1S/C24H29Cl2N3O3S2/c1-4-7-15-28(16-8-5-2)34(31,32)18-11-9-17(10-12-18)23(30)27-24-29(6-3)22-20(33-24)14-13-19(25)21(22)26/h9-14H,4-8,15-16H2,1-3H3. The lowest BCUT2D eigenvalue weighted by atomic mass is 10.2. The Bertz CT molecular complexity index is 1320. The van der Waals surface area contributed by atoms with Gasteiger partial charge in [0.2, 0.25) is 10.0 Å². The van der Waals surface area contributed by atoms with E-state index < -0.39 is 15.9 Å². The van der Waals surface area contributed by atoms with Gasteiger partial charge in [0, 0.05) is 25.2 Å². The van der Waals surface area contributed by atoms with Crippen LogP contribution in [0.5, 0.6) is 0 Å². The van der Waals surface area contributed by atoms with Crippen molar-refractivity contribution in [2.75, 3.05) is 13.1 Å². The summed E-state index contributed by atoms with van der Waals surface area (Å²) in [6.07, 6.45) is 3.44. The number of rotatable bonds is 10. The summed E-state index contributed by atoms with van der Waals surface area (Å²) in [5, 5.41) is 0.868. The van der Waals surface area contributed by atoms with Crippen LogP contribution in [0.2, 0.25) is 10.0 Å². The Kier molecular flexibility index (Phi) is 9.34. The number of nitrogens with zero attached hydrogens (tertiary/aromatic N) is 3. The van der Waals surface area contributed by atoms with Gasteiger partial charge in [-0.2, -0.15) is 9.30 Å². The number of amides is 1. The Morgan fingerprint density at radius 2 is 1.62 bits per heavy atom. The first-order chi connectivity index (χ1) is 16.2. The predicted octanol–water partition coefficient (Wildman–Crippen LogP) is 6.36. The molecule has 1 heterocycles. The van der Waals surface area contributed by atoms with Gasteiger partial charge < -0.3 is 4.57 Å². The number of thiazole rings is 1. The Morgan fingerprint density at radius 1 is 1.00 bits per heavy atom. The van der Waals surface area contributed by atoms with Gasteiger partial charge in [-0.3, -0.25) is 4.79 Å². The molecule has 0 unspecified atom stereocenters. The summed E-state index contributed by atoms with van der Waals surface area (Å²) < 4.78 is 30.6. The molecule has 0 aliphatic carbocycles. The minimum Gasteiger partial charge on any atom is -0.315 e. The lowest BCUT2D eigenvalue weighted by molar-refractivity contribution is 0.0997. The number of halogens is 2. The van der Waals surface area contributed by atoms with Gasteiger partial charge in [0.05, 0.1) is 25.2 Å². The summed E-state index contributed by atoms with van der Waals surface area (Å²) in [7, 11) is -3.62. The quantitative estimate of drug-likeness (QED) is 0.299. The number of hydrogen-bond acceptors (Lipinski definition) is 4. The fourth-order valence-electron chi connectivity index (χ4n) is 3.57. The largest absolute Gasteiger partial charge is 0.315 e. The zero-order valence-electron chi connectivity index (χ0n) is 19.6. The van der Waals surface area contributed by atoms with E-state index in [-0.39, 0.29) is 4.90 Å². The van der Waals surface area contributed by atoms with Crippen LogP contribution in [-0.4, -0.2) is 36.3 Å². The van der Waals surface area contributed by atoms with Crippen LogP contribution in [0.1, 0.15) is 56.8 Å². The second-order valence-corrected chi connectivity index (χ2v) is 11.6. The first kappa shape index (κ1) is 26.9. The molecular weight excluding hydrogens is 513 g/mol. The highest BCUT2D eigenvalue weighted by atomic mass is 35.5. The van der Waals surface area contributed by atoms with E-state index in [4.69, 9.17) is 23.2 Å². The molecular formula is C24H29Cl2N3O3S2. The number of aryl methyl sites for hydroxylation is 1. The first-order valence-corrected chi connectivity index (χ1v) is 14.4. The highest BCUT2D eigenvalue weighted by Gasteiger charge is 2.24. The molecule has 10 heteroatoms. The molecule has 0 aliphatic rings. The summed E-state index contributed by atoms with van der Waals surface area (Å²) in [5.41, 5.74) is 1.06. The Balaban J connectivity index is 1.92. The van der Waals surface area contributed by atoms with Gasteiger partial charge >= 0.3 is 0 Å². The smallest absolute Gasteiger partial charge is 0.279 e. The van der Waals surface area contributed by atoms with Crippen LogP contribution in [0.3, 0.4) is 0 Å². The molecule has 1 amide bonds. The van der Waals surface area contributed by atoms with E-state index in [0.29, 0.717) is 40.0 Å². The van der Waals surface area contributed by atoms with Gasteiger partial charge in [-0.25, -0.2) is 8.42 Å². The maximum atomic E-state index is 13.2. The SMILES string of the molecule is CCCCN(CCCC)S(=O)(=O)c1ccc(C(=O)N=c2sc3ccc(Cl)c(Cl)c3n2CC)cc1. The van der Waals surface area contributed by atoms with E-state index >= 15 is 0 Å². The van der Waals surface area contributed by atoms with E-state index in [2.05, 4.69) is 4.99 Å². The normalized spacial score (nSPS) is 12.7. The lowest BCUT2D eigenvalue weighted by Gasteiger charge is -2.22. The van der Waals surface area contributed by atoms with Crippen molar-refractivity contribution in [3.8, 4) is 0 Å². The van der Waals surface area contributed by atoms with E-state index in [1.807, 2.05) is 31.4 Å². The topological polar surface area (TPSA) is 71.7 Å². The molecule has 3 rings (SSSR count). The molecule has 3 aromatic rings. The highest BCUT2D eigenvalue weighted by molar-refractivity contribution is 7.89. The highest BCUT2D eigenvalue weighted by Crippen LogP contribution is 2.32. The third kappa shape index (κ3) is 5.74. The van der Waals surface area contributed by atoms with Crippen LogP contribution >= 0.6 is 34.5 Å². The Morgan fingerprint density at radius 3 is 2.18 bits per heavy atom. The number of sulfonamides is 1. The zero-order valence-corrected chi connectivity index (χ0v) is 22.7. The van der Waals surface area contributed by atoms with Crippen molar-refractivity contribution < 1.29 is 13.2 Å². The van der Waals surface area contributed by atoms with Crippen molar-refractivity contribution in [1.29, 1.82) is 0 Å². The molecule has 0 atom stereocenters. The number of hydrogen-bond donors (Lipinski definition) is 0. The minimum absolute atomic E-state index is 0.183. The van der Waals surface area contributed by atoms with Gasteiger partial charge in [0.1, 0.15) is 0 Å². The fourth-order valence-corrected chi connectivity index (χ4v) is 6.67. The molecule has 0 aliphatic heterocycles. The van der Waals surface area contributed by atoms with Crippen LogP contribution in [0.15, 0.2) is 46.3 Å². The Hall–Kier alpha value is -1.71. The summed E-state index contributed by atoms with van der Waals surface area (Å²) in [6, 6.07) is 9.58. The molecule has 0 radical (unpaired) electrons. The van der Waals surface area contributed by atoms with Gasteiger partial charge in [0.25, 0.3) is 5.91 Å². The zero-order chi connectivity index (χ0) is 24.9. The van der Waals surface area contributed by atoms with Gasteiger partial charge in [-0.15, -0.1) is 0 Å². The number of benzene rings is 2. The molecule has 0 bridgehead atoms. The van der Waals surface area contributed by atoms with E-state index in [9.17, 15) is 13.2 Å². The molecule has 34 heavy (non-hydrogen) atoms. The Labute approximate surface area is 214 Å². The number of fused-ring (bicyclic) bond motifs is 1. The van der Waals surface area contributed by atoms with Crippen molar-refractivity contribution >= 4 is 60.7 Å². The fraction of sp³-hybridized carbons (Fsp3) is 0.417. The average Bonchev–Trinajstić information content (AvgIpc) is 3.19. The predicted molar refractivity (Wildman–Crippen MR) is 140 cm³/mol. The summed E-state index contributed by atoms with van der Waals surface area (Å²) >= 11 is 13.9. The number of unbranched alkanes of at least 4 members (excludes halogenated alkanes) is 2. The second kappa shape index (κ2) is 11.8. The van der Waals surface area contributed by atoms with Crippen molar-refractivity contribution in [2.45, 2.75) is 57.9 Å². The molecule has 1 aromatic heterocycles. The van der Waals surface area contributed by atoms with Crippen molar-refractivity contribution in [3.63, 3.8) is 0 Å². The van der Waals surface area contributed by atoms with Crippen molar-refractivity contribution in [1.82, 2.24) is 8.87 Å². The first-order valence-electron chi connectivity index (χ1n) is 11.4. The second-order valence-electron chi connectivity index (χ2n) is 7.89. The number of carbonyl (C=O) groups is 1. The summed E-state index contributed by atoms with van der Waals surface area (Å²) in [6.45, 7) is 7.56. The van der Waals surface area contributed by atoms with Gasteiger partial charge in [0.15, 0.2) is 4.80 Å². The molecule has 184 valence electrons. The third-order valence-corrected chi connectivity index (χ3v) is 9.26. The lowest BCUT2D eigenvalue weighted by Crippen LogP contribution is -2.33. The maximum absolute atomic E-state index is 13.2. The minimum atomic E-state index is -3.62. The van der Waals surface area contributed by atoms with Gasteiger partial charge in [-0.1, -0.05) is 61.2 Å². The van der Waals surface area contributed by atoms with Crippen molar-refractivity contribution in [3.05, 3.63) is 56.8 Å². The molecule has 0 fully saturated rings. The maximum Gasteiger partial charge on any atom is 0.279 e. The molecule has 0 saturated carbocycles. The molecule has 6 nitrogen and oxygen atoms in total. The number of aromatic nitrogens is 1. The van der Waals surface area contributed by atoms with Crippen LogP contribution in [-0.2, 0) is 16.6 Å². The van der Waals surface area contributed by atoms with E-state index in [1.165, 1.54) is 39.9 Å². The van der Waals surface area contributed by atoms with Gasteiger partial charge in [-0.05, 0) is 56.2 Å². The average molecular weight is 543 g/mol. The summed E-state index contributed by atoms with van der Waals surface area (Å²) in [5.74, 6) is -0.450. The van der Waals surface area contributed by atoms with E-state index in [1.54, 1.807) is 6.07 Å². The molecule has 0 saturated heterocycles.